The fourth-order valence-electron chi connectivity index (χ4n) is 4.12. The van der Waals surface area contributed by atoms with Crippen LogP contribution in [-0.4, -0.2) is 0 Å². The number of unbranched alkanes of at least 4 members (excludes halogenated alkanes) is 1. The molecular weight excluding hydrogens is 441 g/mol. The lowest BCUT2D eigenvalue weighted by molar-refractivity contribution is 0.514. The topological polar surface area (TPSA) is 0 Å². The summed E-state index contributed by atoms with van der Waals surface area (Å²) in [6.07, 6.45) is 7.43. The number of aryl methyl sites for hydroxylation is 2. The maximum atomic E-state index is 15.0. The summed E-state index contributed by atoms with van der Waals surface area (Å²) in [4.78, 5) is 0. The van der Waals surface area contributed by atoms with E-state index in [0.29, 0.717) is 16.7 Å². The predicted molar refractivity (Wildman–Crippen MR) is 141 cm³/mol. The molecule has 0 radical (unpaired) electrons. The third-order valence-electron chi connectivity index (χ3n) is 6.32. The van der Waals surface area contributed by atoms with Gasteiger partial charge in [0, 0.05) is 16.7 Å². The zero-order valence-corrected chi connectivity index (χ0v) is 20.1. The Hall–Kier alpha value is -3.59. The summed E-state index contributed by atoms with van der Waals surface area (Å²) in [5, 5.41) is 0. The van der Waals surface area contributed by atoms with Crippen LogP contribution in [0.4, 0.5) is 13.2 Å². The molecular formula is C32H29F3. The Morgan fingerprint density at radius 3 is 1.74 bits per heavy atom. The third-order valence-corrected chi connectivity index (χ3v) is 6.32. The zero-order chi connectivity index (χ0) is 24.8. The second-order valence-electron chi connectivity index (χ2n) is 8.75. The molecule has 0 bridgehead atoms. The Kier molecular flexibility index (Phi) is 7.87. The van der Waals surface area contributed by atoms with E-state index in [1.165, 1.54) is 0 Å². The Balaban J connectivity index is 1.52. The number of hydrogen-bond donors (Lipinski definition) is 0. The van der Waals surface area contributed by atoms with Crippen LogP contribution >= 0.6 is 0 Å². The SMILES string of the molecule is CCCCc1ccc(C=Cc2ccc(-c3ccc(-c4ccc(CC)cc4)c(F)c3F)cc2)c(F)c1. The molecule has 0 aliphatic carbocycles. The number of rotatable bonds is 8. The molecule has 0 amide bonds. The third kappa shape index (κ3) is 5.74. The van der Waals surface area contributed by atoms with Crippen molar-refractivity contribution in [2.45, 2.75) is 39.5 Å². The van der Waals surface area contributed by atoms with Gasteiger partial charge in [-0.25, -0.2) is 13.2 Å². The molecule has 4 aromatic carbocycles. The van der Waals surface area contributed by atoms with E-state index < -0.39 is 11.6 Å². The number of benzene rings is 4. The molecule has 3 heteroatoms. The van der Waals surface area contributed by atoms with Crippen molar-refractivity contribution in [2.75, 3.05) is 0 Å². The lowest BCUT2D eigenvalue weighted by atomic mass is 9.97. The molecule has 0 spiro atoms. The Labute approximate surface area is 205 Å². The zero-order valence-electron chi connectivity index (χ0n) is 20.1. The van der Waals surface area contributed by atoms with Gasteiger partial charge in [-0.3, -0.25) is 0 Å². The van der Waals surface area contributed by atoms with E-state index in [0.717, 1.165) is 42.4 Å². The van der Waals surface area contributed by atoms with Gasteiger partial charge in [-0.1, -0.05) is 105 Å². The van der Waals surface area contributed by atoms with Crippen LogP contribution in [0, 0.1) is 17.5 Å². The number of hydrogen-bond acceptors (Lipinski definition) is 0. The van der Waals surface area contributed by atoms with Gasteiger partial charge in [-0.2, -0.15) is 0 Å². The van der Waals surface area contributed by atoms with Crippen LogP contribution < -0.4 is 0 Å². The first-order chi connectivity index (χ1) is 17.0. The van der Waals surface area contributed by atoms with Crippen LogP contribution in [0.3, 0.4) is 0 Å². The van der Waals surface area contributed by atoms with Crippen LogP contribution in [0.25, 0.3) is 34.4 Å². The quantitative estimate of drug-likeness (QED) is 0.225. The van der Waals surface area contributed by atoms with Gasteiger partial charge in [0.25, 0.3) is 0 Å². The maximum Gasteiger partial charge on any atom is 0.167 e. The molecule has 0 saturated carbocycles. The molecule has 178 valence electrons. The van der Waals surface area contributed by atoms with Gasteiger partial charge < -0.3 is 0 Å². The van der Waals surface area contributed by atoms with Gasteiger partial charge in [-0.05, 0) is 53.1 Å². The van der Waals surface area contributed by atoms with E-state index >= 15 is 0 Å². The molecule has 0 fully saturated rings. The summed E-state index contributed by atoms with van der Waals surface area (Å²) in [6.45, 7) is 4.17. The van der Waals surface area contributed by atoms with Crippen molar-refractivity contribution in [3.05, 3.63) is 119 Å². The van der Waals surface area contributed by atoms with Crippen LogP contribution in [0.15, 0.2) is 78.9 Å². The minimum absolute atomic E-state index is 0.209. The summed E-state index contributed by atoms with van der Waals surface area (Å²) in [6, 6.07) is 23.2. The standard InChI is InChI=1S/C32H29F3/c1-3-5-6-24-12-18-27(30(33)21-24)17-11-23-9-15-26(16-10-23)29-20-19-28(31(34)32(29)35)25-13-7-22(4-2)8-14-25/h7-21H,3-6H2,1-2H3. The smallest absolute Gasteiger partial charge is 0.167 e. The second kappa shape index (κ2) is 11.2. The van der Waals surface area contributed by atoms with Crippen molar-refractivity contribution < 1.29 is 13.2 Å². The lowest BCUT2D eigenvalue weighted by Crippen LogP contribution is -1.94. The summed E-state index contributed by atoms with van der Waals surface area (Å²) in [7, 11) is 0. The van der Waals surface area contributed by atoms with E-state index in [9.17, 15) is 13.2 Å². The fraction of sp³-hybridized carbons (Fsp3) is 0.188. The molecule has 0 aromatic heterocycles. The van der Waals surface area contributed by atoms with Gasteiger partial charge in [0.2, 0.25) is 0 Å². The molecule has 0 saturated heterocycles. The first kappa shape index (κ1) is 24.5. The van der Waals surface area contributed by atoms with Gasteiger partial charge in [-0.15, -0.1) is 0 Å². The molecule has 0 atom stereocenters. The highest BCUT2D eigenvalue weighted by molar-refractivity contribution is 5.74. The Bertz CT molecular complexity index is 1320. The highest BCUT2D eigenvalue weighted by atomic mass is 19.2. The first-order valence-corrected chi connectivity index (χ1v) is 12.1. The summed E-state index contributed by atoms with van der Waals surface area (Å²) >= 11 is 0. The minimum Gasteiger partial charge on any atom is -0.206 e. The van der Waals surface area contributed by atoms with Crippen LogP contribution in [0.1, 0.15) is 48.9 Å². The summed E-state index contributed by atoms with van der Waals surface area (Å²) in [5.41, 5.74) is 5.20. The molecule has 0 N–H and O–H groups in total. The van der Waals surface area contributed by atoms with Gasteiger partial charge in [0.05, 0.1) is 0 Å². The molecule has 35 heavy (non-hydrogen) atoms. The van der Waals surface area contributed by atoms with E-state index in [4.69, 9.17) is 0 Å². The van der Waals surface area contributed by atoms with Crippen molar-refractivity contribution in [2.24, 2.45) is 0 Å². The maximum absolute atomic E-state index is 15.0. The molecule has 0 unspecified atom stereocenters. The van der Waals surface area contributed by atoms with Crippen molar-refractivity contribution in [1.82, 2.24) is 0 Å². The molecule has 0 aliphatic rings. The molecule has 4 aromatic rings. The molecule has 0 nitrogen and oxygen atoms in total. The van der Waals surface area contributed by atoms with Crippen molar-refractivity contribution >= 4 is 12.2 Å². The van der Waals surface area contributed by atoms with Crippen molar-refractivity contribution in [3.63, 3.8) is 0 Å². The highest BCUT2D eigenvalue weighted by Crippen LogP contribution is 2.32. The normalized spacial score (nSPS) is 11.3. The van der Waals surface area contributed by atoms with E-state index in [1.54, 1.807) is 42.5 Å². The van der Waals surface area contributed by atoms with Crippen LogP contribution in [0.5, 0.6) is 0 Å². The van der Waals surface area contributed by atoms with Gasteiger partial charge in [0.1, 0.15) is 5.82 Å². The Morgan fingerprint density at radius 2 is 1.20 bits per heavy atom. The Morgan fingerprint density at radius 1 is 0.629 bits per heavy atom. The summed E-state index contributed by atoms with van der Waals surface area (Å²) in [5.74, 6) is -1.96. The van der Waals surface area contributed by atoms with E-state index in [2.05, 4.69) is 13.8 Å². The highest BCUT2D eigenvalue weighted by Gasteiger charge is 2.16. The van der Waals surface area contributed by atoms with E-state index in [1.807, 2.05) is 48.5 Å². The predicted octanol–water partition coefficient (Wildman–Crippen LogP) is 9.51. The second-order valence-corrected chi connectivity index (χ2v) is 8.75. The summed E-state index contributed by atoms with van der Waals surface area (Å²) < 4.78 is 44.3. The van der Waals surface area contributed by atoms with Crippen molar-refractivity contribution in [1.29, 1.82) is 0 Å². The van der Waals surface area contributed by atoms with Crippen LogP contribution in [0.2, 0.25) is 0 Å². The molecule has 0 aliphatic heterocycles. The first-order valence-electron chi connectivity index (χ1n) is 12.1. The monoisotopic (exact) mass is 470 g/mol. The fourth-order valence-corrected chi connectivity index (χ4v) is 4.12. The molecule has 4 rings (SSSR count). The van der Waals surface area contributed by atoms with Crippen LogP contribution in [-0.2, 0) is 12.8 Å². The lowest BCUT2D eigenvalue weighted by Gasteiger charge is -2.10. The largest absolute Gasteiger partial charge is 0.206 e. The average molecular weight is 471 g/mol. The molecule has 0 heterocycles. The van der Waals surface area contributed by atoms with E-state index in [-0.39, 0.29) is 16.9 Å². The number of halogens is 3. The van der Waals surface area contributed by atoms with Crippen molar-refractivity contribution in [3.8, 4) is 22.3 Å². The minimum atomic E-state index is -0.865. The van der Waals surface area contributed by atoms with Gasteiger partial charge in [0.15, 0.2) is 11.6 Å². The average Bonchev–Trinajstić information content (AvgIpc) is 2.89. The van der Waals surface area contributed by atoms with Gasteiger partial charge >= 0.3 is 0 Å².